The summed E-state index contributed by atoms with van der Waals surface area (Å²) in [7, 11) is 0. The molecule has 0 radical (unpaired) electrons. The summed E-state index contributed by atoms with van der Waals surface area (Å²) in [6.45, 7) is 1.89. The van der Waals surface area contributed by atoms with E-state index in [0.717, 1.165) is 0 Å². The van der Waals surface area contributed by atoms with Crippen LogP contribution in [0.25, 0.3) is 0 Å². The second-order valence-corrected chi connectivity index (χ2v) is 5.06. The molecule has 0 spiro atoms. The highest BCUT2D eigenvalue weighted by Crippen LogP contribution is 2.11. The normalized spacial score (nSPS) is 10.1. The maximum atomic E-state index is 11.5. The SMILES string of the molecule is CC(COC(=O)Oc1ccccc1)COC(=O)Oc1ccccc1. The summed E-state index contributed by atoms with van der Waals surface area (Å²) in [5.41, 5.74) is 0. The molecule has 0 aliphatic rings. The van der Waals surface area contributed by atoms with Crippen molar-refractivity contribution in [1.82, 2.24) is 0 Å². The predicted octanol–water partition coefficient (Wildman–Crippen LogP) is 4.05. The van der Waals surface area contributed by atoms with Gasteiger partial charge >= 0.3 is 12.3 Å². The van der Waals surface area contributed by atoms with Crippen LogP contribution in [-0.2, 0) is 9.47 Å². The molecule has 0 atom stereocenters. The first-order chi connectivity index (χ1) is 11.6. The lowest BCUT2D eigenvalue weighted by Crippen LogP contribution is -2.21. The third kappa shape index (κ3) is 6.39. The fourth-order valence-corrected chi connectivity index (χ4v) is 1.70. The van der Waals surface area contributed by atoms with Crippen molar-refractivity contribution in [3.8, 4) is 11.5 Å². The van der Waals surface area contributed by atoms with Gasteiger partial charge in [0.1, 0.15) is 24.7 Å². The number of benzene rings is 2. The number of para-hydroxylation sites is 2. The fraction of sp³-hybridized carbons (Fsp3) is 0.222. The zero-order valence-electron chi connectivity index (χ0n) is 13.2. The Labute approximate surface area is 139 Å². The Morgan fingerprint density at radius 1 is 0.750 bits per heavy atom. The van der Waals surface area contributed by atoms with E-state index in [9.17, 15) is 9.59 Å². The summed E-state index contributed by atoms with van der Waals surface area (Å²) < 4.78 is 19.9. The van der Waals surface area contributed by atoms with Gasteiger partial charge in [0.05, 0.1) is 0 Å². The van der Waals surface area contributed by atoms with Crippen LogP contribution in [-0.4, -0.2) is 25.5 Å². The smallest absolute Gasteiger partial charge is 0.434 e. The van der Waals surface area contributed by atoms with Crippen LogP contribution < -0.4 is 9.47 Å². The quantitative estimate of drug-likeness (QED) is 0.588. The van der Waals surface area contributed by atoms with Gasteiger partial charge < -0.3 is 18.9 Å². The van der Waals surface area contributed by atoms with Crippen molar-refractivity contribution in [2.75, 3.05) is 13.2 Å². The predicted molar refractivity (Wildman–Crippen MR) is 86.0 cm³/mol. The molecule has 2 rings (SSSR count). The van der Waals surface area contributed by atoms with Crippen LogP contribution in [0.5, 0.6) is 11.5 Å². The lowest BCUT2D eigenvalue weighted by atomic mass is 10.2. The molecule has 0 aliphatic carbocycles. The van der Waals surface area contributed by atoms with Crippen LogP contribution in [0.3, 0.4) is 0 Å². The first-order valence-electron chi connectivity index (χ1n) is 7.43. The molecule has 0 unspecified atom stereocenters. The molecule has 0 saturated heterocycles. The largest absolute Gasteiger partial charge is 0.513 e. The first kappa shape index (κ1) is 17.3. The molecule has 0 heterocycles. The Kier molecular flexibility index (Phi) is 6.64. The van der Waals surface area contributed by atoms with Gasteiger partial charge in [0.25, 0.3) is 0 Å². The van der Waals surface area contributed by atoms with Crippen LogP contribution in [0.2, 0.25) is 0 Å². The van der Waals surface area contributed by atoms with E-state index >= 15 is 0 Å². The molecule has 0 fully saturated rings. The van der Waals surface area contributed by atoms with Crippen LogP contribution in [0.15, 0.2) is 60.7 Å². The van der Waals surface area contributed by atoms with E-state index in [-0.39, 0.29) is 19.1 Å². The van der Waals surface area contributed by atoms with Gasteiger partial charge in [-0.1, -0.05) is 43.3 Å². The number of hydrogen-bond donors (Lipinski definition) is 0. The highest BCUT2D eigenvalue weighted by molar-refractivity contribution is 5.64. The topological polar surface area (TPSA) is 71.1 Å². The molecule has 0 saturated carbocycles. The summed E-state index contributed by atoms with van der Waals surface area (Å²) in [6.07, 6.45) is -1.61. The molecule has 24 heavy (non-hydrogen) atoms. The molecule has 6 heteroatoms. The van der Waals surface area contributed by atoms with Gasteiger partial charge in [-0.2, -0.15) is 0 Å². The molecular weight excluding hydrogens is 312 g/mol. The minimum atomic E-state index is -0.806. The second kappa shape index (κ2) is 9.19. The van der Waals surface area contributed by atoms with E-state index < -0.39 is 12.3 Å². The zero-order valence-corrected chi connectivity index (χ0v) is 13.2. The van der Waals surface area contributed by atoms with Gasteiger partial charge in [-0.25, -0.2) is 9.59 Å². The maximum absolute atomic E-state index is 11.5. The van der Waals surface area contributed by atoms with Gasteiger partial charge in [0, 0.05) is 5.92 Å². The summed E-state index contributed by atoms with van der Waals surface area (Å²) >= 11 is 0. The third-order valence-electron chi connectivity index (χ3n) is 2.86. The van der Waals surface area contributed by atoms with E-state index in [4.69, 9.17) is 18.9 Å². The number of ether oxygens (including phenoxy) is 4. The van der Waals surface area contributed by atoms with E-state index in [1.54, 1.807) is 55.5 Å². The average molecular weight is 330 g/mol. The van der Waals surface area contributed by atoms with Crippen molar-refractivity contribution in [3.05, 3.63) is 60.7 Å². The van der Waals surface area contributed by atoms with Crippen molar-refractivity contribution in [2.24, 2.45) is 5.92 Å². The van der Waals surface area contributed by atoms with Crippen molar-refractivity contribution in [3.63, 3.8) is 0 Å². The Hall–Kier alpha value is -3.02. The summed E-state index contributed by atoms with van der Waals surface area (Å²) in [5.74, 6) is 0.604. The Balaban J connectivity index is 1.63. The third-order valence-corrected chi connectivity index (χ3v) is 2.86. The summed E-state index contributed by atoms with van der Waals surface area (Å²) in [6, 6.07) is 17.2. The van der Waals surface area contributed by atoms with E-state index in [1.165, 1.54) is 0 Å². The van der Waals surface area contributed by atoms with Crippen LogP contribution in [0, 0.1) is 5.92 Å². The van der Waals surface area contributed by atoms with Crippen molar-refractivity contribution >= 4 is 12.3 Å². The van der Waals surface area contributed by atoms with Gasteiger partial charge in [-0.3, -0.25) is 0 Å². The fourth-order valence-electron chi connectivity index (χ4n) is 1.70. The van der Waals surface area contributed by atoms with E-state index in [2.05, 4.69) is 0 Å². The molecule has 126 valence electrons. The molecule has 2 aromatic carbocycles. The highest BCUT2D eigenvalue weighted by Gasteiger charge is 2.13. The second-order valence-electron chi connectivity index (χ2n) is 5.06. The van der Waals surface area contributed by atoms with Gasteiger partial charge in [0.2, 0.25) is 0 Å². The minimum absolute atomic E-state index is 0.0598. The summed E-state index contributed by atoms with van der Waals surface area (Å²) in [5, 5.41) is 0. The zero-order chi connectivity index (χ0) is 17.2. The van der Waals surface area contributed by atoms with Gasteiger partial charge in [-0.15, -0.1) is 0 Å². The highest BCUT2D eigenvalue weighted by atomic mass is 16.7. The van der Waals surface area contributed by atoms with Crippen LogP contribution in [0.4, 0.5) is 9.59 Å². The molecule has 0 aliphatic heterocycles. The standard InChI is InChI=1S/C18H18O6/c1-14(12-21-17(19)23-15-8-4-2-5-9-15)13-22-18(20)24-16-10-6-3-7-11-16/h2-11,14H,12-13H2,1H3. The van der Waals surface area contributed by atoms with Crippen LogP contribution in [0.1, 0.15) is 6.92 Å². The number of rotatable bonds is 6. The summed E-state index contributed by atoms with van der Waals surface area (Å²) in [4.78, 5) is 23.0. The van der Waals surface area contributed by atoms with Gasteiger partial charge in [0.15, 0.2) is 0 Å². The molecule has 6 nitrogen and oxygen atoms in total. The van der Waals surface area contributed by atoms with Crippen molar-refractivity contribution in [1.29, 1.82) is 0 Å². The molecule has 2 aromatic rings. The van der Waals surface area contributed by atoms with E-state index in [0.29, 0.717) is 11.5 Å². The molecule has 0 aromatic heterocycles. The Bertz CT molecular complexity index is 584. The monoisotopic (exact) mass is 330 g/mol. The number of carbonyl (C=O) groups is 2. The lowest BCUT2D eigenvalue weighted by molar-refractivity contribution is 0.0540. The Morgan fingerprint density at radius 3 is 1.50 bits per heavy atom. The molecule has 0 bridgehead atoms. The first-order valence-corrected chi connectivity index (χ1v) is 7.43. The molecular formula is C18H18O6. The van der Waals surface area contributed by atoms with Crippen LogP contribution >= 0.6 is 0 Å². The van der Waals surface area contributed by atoms with Crippen molar-refractivity contribution < 1.29 is 28.5 Å². The van der Waals surface area contributed by atoms with E-state index in [1.807, 2.05) is 12.1 Å². The minimum Gasteiger partial charge on any atom is -0.434 e. The molecule has 0 amide bonds. The number of hydrogen-bond acceptors (Lipinski definition) is 6. The lowest BCUT2D eigenvalue weighted by Gasteiger charge is -2.12. The average Bonchev–Trinajstić information content (AvgIpc) is 2.60. The Morgan fingerprint density at radius 2 is 1.12 bits per heavy atom. The van der Waals surface area contributed by atoms with Gasteiger partial charge in [-0.05, 0) is 24.3 Å². The number of carbonyl (C=O) groups excluding carboxylic acids is 2. The maximum Gasteiger partial charge on any atom is 0.513 e. The molecule has 0 N–H and O–H groups in total. The van der Waals surface area contributed by atoms with Crippen molar-refractivity contribution in [2.45, 2.75) is 6.92 Å².